The van der Waals surface area contributed by atoms with Crippen LogP contribution in [0.4, 0.5) is 0 Å². The summed E-state index contributed by atoms with van der Waals surface area (Å²) in [6.45, 7) is 1.11. The number of rotatable bonds is 2. The fraction of sp³-hybridized carbons (Fsp3) is 0.455. The molecule has 1 aromatic rings. The van der Waals surface area contributed by atoms with E-state index in [1.54, 1.807) is 7.11 Å². The molecular formula is C11H15NOS. The van der Waals surface area contributed by atoms with Gasteiger partial charge in [-0.3, -0.25) is 0 Å². The Balaban J connectivity index is 2.20. The van der Waals surface area contributed by atoms with Crippen molar-refractivity contribution in [3.63, 3.8) is 0 Å². The summed E-state index contributed by atoms with van der Waals surface area (Å²) in [4.78, 5) is 0. The molecule has 0 aliphatic carbocycles. The number of benzene rings is 1. The van der Waals surface area contributed by atoms with E-state index < -0.39 is 0 Å². The number of nitrogens with one attached hydrogen (secondary N) is 1. The molecule has 0 saturated carbocycles. The molecule has 1 aromatic carbocycles. The van der Waals surface area contributed by atoms with Crippen molar-refractivity contribution < 1.29 is 4.74 Å². The van der Waals surface area contributed by atoms with E-state index in [2.05, 4.69) is 17.4 Å². The van der Waals surface area contributed by atoms with E-state index in [9.17, 15) is 0 Å². The van der Waals surface area contributed by atoms with Gasteiger partial charge in [0.1, 0.15) is 5.75 Å². The first-order valence-electron chi connectivity index (χ1n) is 4.90. The molecule has 0 aromatic heterocycles. The Labute approximate surface area is 89.0 Å². The third-order valence-electron chi connectivity index (χ3n) is 2.36. The second-order valence-electron chi connectivity index (χ2n) is 3.30. The maximum atomic E-state index is 5.35. The maximum Gasteiger partial charge on any atom is 0.124 e. The molecule has 0 bridgehead atoms. The zero-order chi connectivity index (χ0) is 9.80. The van der Waals surface area contributed by atoms with Crippen LogP contribution in [0.1, 0.15) is 17.4 Å². The Hall–Kier alpha value is -0.670. The number of ether oxygens (including phenoxy) is 1. The monoisotopic (exact) mass is 209 g/mol. The summed E-state index contributed by atoms with van der Waals surface area (Å²) >= 11 is 1.95. The molecule has 1 unspecified atom stereocenters. The van der Waals surface area contributed by atoms with Gasteiger partial charge in [-0.25, -0.2) is 0 Å². The molecule has 3 heteroatoms. The van der Waals surface area contributed by atoms with Gasteiger partial charge in [0.05, 0.1) is 12.5 Å². The minimum Gasteiger partial charge on any atom is -0.496 e. The number of methoxy groups -OCH3 is 1. The lowest BCUT2D eigenvalue weighted by atomic mass is 10.2. The molecule has 0 radical (unpaired) electrons. The topological polar surface area (TPSA) is 21.3 Å². The van der Waals surface area contributed by atoms with Crippen molar-refractivity contribution in [1.29, 1.82) is 0 Å². The Morgan fingerprint density at radius 1 is 1.43 bits per heavy atom. The van der Waals surface area contributed by atoms with E-state index in [1.165, 1.54) is 17.7 Å². The van der Waals surface area contributed by atoms with Crippen LogP contribution < -0.4 is 10.1 Å². The van der Waals surface area contributed by atoms with Crippen LogP contribution >= 0.6 is 11.8 Å². The highest BCUT2D eigenvalue weighted by molar-refractivity contribution is 7.99. The normalized spacial score (nSPS) is 21.9. The molecule has 0 amide bonds. The largest absolute Gasteiger partial charge is 0.496 e. The first-order valence-corrected chi connectivity index (χ1v) is 5.94. The van der Waals surface area contributed by atoms with E-state index >= 15 is 0 Å². The van der Waals surface area contributed by atoms with Gasteiger partial charge in [-0.05, 0) is 24.8 Å². The van der Waals surface area contributed by atoms with Crippen molar-refractivity contribution in [1.82, 2.24) is 5.32 Å². The Kier molecular flexibility index (Phi) is 3.32. The Morgan fingerprint density at radius 2 is 2.29 bits per heavy atom. The van der Waals surface area contributed by atoms with Crippen LogP contribution in [0.25, 0.3) is 0 Å². The van der Waals surface area contributed by atoms with E-state index in [-0.39, 0.29) is 0 Å². The second kappa shape index (κ2) is 4.71. The molecule has 1 N–H and O–H groups in total. The van der Waals surface area contributed by atoms with Crippen LogP contribution in [0.5, 0.6) is 5.75 Å². The molecule has 14 heavy (non-hydrogen) atoms. The average molecular weight is 209 g/mol. The molecule has 0 spiro atoms. The van der Waals surface area contributed by atoms with Gasteiger partial charge in [0.2, 0.25) is 0 Å². The molecule has 76 valence electrons. The summed E-state index contributed by atoms with van der Waals surface area (Å²) in [5.74, 6) is 2.22. The molecule has 1 atom stereocenters. The summed E-state index contributed by atoms with van der Waals surface area (Å²) in [6, 6.07) is 8.23. The number of para-hydroxylation sites is 1. The minimum absolute atomic E-state index is 0.403. The predicted octanol–water partition coefficient (Wildman–Crippen LogP) is 2.42. The maximum absolute atomic E-state index is 5.35. The van der Waals surface area contributed by atoms with Gasteiger partial charge in [0, 0.05) is 5.56 Å². The van der Waals surface area contributed by atoms with Crippen molar-refractivity contribution in [2.24, 2.45) is 0 Å². The Morgan fingerprint density at radius 3 is 3.00 bits per heavy atom. The third kappa shape index (κ3) is 2.04. The van der Waals surface area contributed by atoms with Crippen molar-refractivity contribution in [2.45, 2.75) is 11.8 Å². The van der Waals surface area contributed by atoms with Crippen LogP contribution in [0, 0.1) is 0 Å². The lowest BCUT2D eigenvalue weighted by Gasteiger charge is -2.24. The average Bonchev–Trinajstić information content (AvgIpc) is 2.30. The predicted molar refractivity (Wildman–Crippen MR) is 60.8 cm³/mol. The smallest absolute Gasteiger partial charge is 0.124 e. The quantitative estimate of drug-likeness (QED) is 0.808. The molecule has 1 saturated heterocycles. The standard InChI is InChI=1S/C11H15NOS/c1-13-10-6-3-2-5-9(10)11-12-7-4-8-14-11/h2-3,5-6,11-12H,4,7-8H2,1H3. The molecule has 1 aliphatic rings. The molecular weight excluding hydrogens is 194 g/mol. The van der Waals surface area contributed by atoms with E-state index in [1.807, 2.05) is 23.9 Å². The number of hydrogen-bond donors (Lipinski definition) is 1. The van der Waals surface area contributed by atoms with Gasteiger partial charge in [-0.2, -0.15) is 0 Å². The zero-order valence-corrected chi connectivity index (χ0v) is 9.14. The van der Waals surface area contributed by atoms with Gasteiger partial charge in [-0.1, -0.05) is 18.2 Å². The summed E-state index contributed by atoms with van der Waals surface area (Å²) in [5.41, 5.74) is 1.26. The van der Waals surface area contributed by atoms with Gasteiger partial charge in [0.25, 0.3) is 0 Å². The fourth-order valence-corrected chi connectivity index (χ4v) is 2.80. The third-order valence-corrected chi connectivity index (χ3v) is 3.64. The fourth-order valence-electron chi connectivity index (χ4n) is 1.65. The summed E-state index contributed by atoms with van der Waals surface area (Å²) in [5, 5.41) is 3.90. The van der Waals surface area contributed by atoms with Crippen LogP contribution in [0.2, 0.25) is 0 Å². The summed E-state index contributed by atoms with van der Waals surface area (Å²) in [6.07, 6.45) is 1.26. The summed E-state index contributed by atoms with van der Waals surface area (Å²) in [7, 11) is 1.73. The van der Waals surface area contributed by atoms with Gasteiger partial charge >= 0.3 is 0 Å². The number of hydrogen-bond acceptors (Lipinski definition) is 3. The van der Waals surface area contributed by atoms with E-state index in [0.717, 1.165) is 12.3 Å². The van der Waals surface area contributed by atoms with Crippen LogP contribution in [-0.4, -0.2) is 19.4 Å². The molecule has 2 rings (SSSR count). The lowest BCUT2D eigenvalue weighted by Crippen LogP contribution is -2.25. The SMILES string of the molecule is COc1ccccc1C1NCCCS1. The summed E-state index contributed by atoms with van der Waals surface area (Å²) < 4.78 is 5.35. The van der Waals surface area contributed by atoms with Gasteiger partial charge < -0.3 is 10.1 Å². The second-order valence-corrected chi connectivity index (χ2v) is 4.51. The Bertz CT molecular complexity index is 297. The highest BCUT2D eigenvalue weighted by atomic mass is 32.2. The first-order chi connectivity index (χ1) is 6.92. The van der Waals surface area contributed by atoms with Crippen molar-refractivity contribution >= 4 is 11.8 Å². The van der Waals surface area contributed by atoms with E-state index in [4.69, 9.17) is 4.74 Å². The molecule has 1 aliphatic heterocycles. The molecule has 1 heterocycles. The highest BCUT2D eigenvalue weighted by Gasteiger charge is 2.17. The molecule has 2 nitrogen and oxygen atoms in total. The zero-order valence-electron chi connectivity index (χ0n) is 8.32. The lowest BCUT2D eigenvalue weighted by molar-refractivity contribution is 0.407. The van der Waals surface area contributed by atoms with Crippen LogP contribution in [0.3, 0.4) is 0 Å². The van der Waals surface area contributed by atoms with E-state index in [0.29, 0.717) is 5.37 Å². The van der Waals surface area contributed by atoms with Gasteiger partial charge in [-0.15, -0.1) is 11.8 Å². The first kappa shape index (κ1) is 9.87. The van der Waals surface area contributed by atoms with Gasteiger partial charge in [0.15, 0.2) is 0 Å². The number of thioether (sulfide) groups is 1. The van der Waals surface area contributed by atoms with Crippen molar-refractivity contribution in [3.8, 4) is 5.75 Å². The minimum atomic E-state index is 0.403. The molecule has 1 fully saturated rings. The highest BCUT2D eigenvalue weighted by Crippen LogP contribution is 2.34. The van der Waals surface area contributed by atoms with Crippen molar-refractivity contribution in [2.75, 3.05) is 19.4 Å². The van der Waals surface area contributed by atoms with Crippen LogP contribution in [-0.2, 0) is 0 Å². The van der Waals surface area contributed by atoms with Crippen LogP contribution in [0.15, 0.2) is 24.3 Å². The van der Waals surface area contributed by atoms with Crippen molar-refractivity contribution in [3.05, 3.63) is 29.8 Å².